The molecule has 0 aliphatic rings. The number of unbranched alkanes of at least 4 members (excludes halogenated alkanes) is 16. The first kappa shape index (κ1) is 63.7. The maximum atomic E-state index is 11.4. The first-order chi connectivity index (χ1) is 24.5. The Bertz CT molecular complexity index is 779. The molecule has 0 saturated carbocycles. The van der Waals surface area contributed by atoms with E-state index in [4.69, 9.17) is 0 Å². The van der Waals surface area contributed by atoms with Gasteiger partial charge in [0, 0.05) is 29.5 Å². The molecular formula is C40H88O8P4Sn. The summed E-state index contributed by atoms with van der Waals surface area (Å²) in [6.45, 7) is 16.6. The van der Waals surface area contributed by atoms with Crippen LogP contribution in [0.5, 0.6) is 0 Å². The van der Waals surface area contributed by atoms with Crippen molar-refractivity contribution in [3.05, 3.63) is 0 Å². The van der Waals surface area contributed by atoms with Gasteiger partial charge in [-0.2, -0.15) is 0 Å². The van der Waals surface area contributed by atoms with Crippen LogP contribution in [-0.4, -0.2) is 73.2 Å². The zero-order valence-electron chi connectivity index (χ0n) is 36.2. The molecule has 0 aliphatic heterocycles. The van der Waals surface area contributed by atoms with Gasteiger partial charge < -0.3 is 37.8 Å². The molecule has 13 heteroatoms. The summed E-state index contributed by atoms with van der Waals surface area (Å²) >= 11 is 0. The van der Waals surface area contributed by atoms with Crippen molar-refractivity contribution in [1.82, 2.24) is 0 Å². The summed E-state index contributed by atoms with van der Waals surface area (Å²) in [5.74, 6) is 0. The second-order valence-electron chi connectivity index (χ2n) is 14.7. The monoisotopic (exact) mass is 940 g/mol. The maximum Gasteiger partial charge on any atom is 4.00 e. The van der Waals surface area contributed by atoms with Gasteiger partial charge in [-0.15, -0.1) is 0 Å². The summed E-state index contributed by atoms with van der Waals surface area (Å²) in [5.41, 5.74) is 0. The molecule has 0 heterocycles. The Morgan fingerprint density at radius 2 is 0.377 bits per heavy atom. The van der Waals surface area contributed by atoms with E-state index in [2.05, 4.69) is 27.7 Å². The third-order valence-electron chi connectivity index (χ3n) is 8.82. The first-order valence-corrected chi connectivity index (χ1v) is 29.6. The van der Waals surface area contributed by atoms with Crippen molar-refractivity contribution in [1.29, 1.82) is 0 Å². The minimum atomic E-state index is -3.00. The van der Waals surface area contributed by atoms with E-state index in [1.54, 1.807) is 0 Å². The van der Waals surface area contributed by atoms with Crippen molar-refractivity contribution >= 4 is 53.4 Å². The molecule has 0 radical (unpaired) electrons. The maximum absolute atomic E-state index is 11.4. The van der Waals surface area contributed by atoms with Crippen LogP contribution in [0.1, 0.15) is 209 Å². The molecule has 8 nitrogen and oxygen atoms in total. The van der Waals surface area contributed by atoms with Crippen molar-refractivity contribution in [2.75, 3.05) is 49.3 Å². The van der Waals surface area contributed by atoms with Crippen LogP contribution >= 0.6 is 29.5 Å². The van der Waals surface area contributed by atoms with E-state index in [0.717, 1.165) is 154 Å². The van der Waals surface area contributed by atoms with E-state index in [-0.39, 0.29) is 23.9 Å². The quantitative estimate of drug-likeness (QED) is 0.0366. The van der Waals surface area contributed by atoms with Crippen LogP contribution < -0.4 is 19.6 Å². The third kappa shape index (κ3) is 58.0. The normalized spacial score (nSPS) is 15.3. The van der Waals surface area contributed by atoms with Gasteiger partial charge >= 0.3 is 23.9 Å². The predicted molar refractivity (Wildman–Crippen MR) is 231 cm³/mol. The molecule has 0 aromatic rings. The standard InChI is InChI=1S/4C10H23O2P.Sn/c4*1-3-5-7-8-10-13(11,12)9-6-4-2;/h4*3-10H2,1-2H3,(H,11,12);/q;;;;+4/p-4. The molecule has 0 aromatic heterocycles. The van der Waals surface area contributed by atoms with E-state index in [1.807, 2.05) is 27.7 Å². The van der Waals surface area contributed by atoms with Crippen LogP contribution in [0.2, 0.25) is 0 Å². The van der Waals surface area contributed by atoms with Crippen molar-refractivity contribution in [2.24, 2.45) is 0 Å². The number of hydrogen-bond donors (Lipinski definition) is 0. The van der Waals surface area contributed by atoms with E-state index in [1.165, 1.54) is 0 Å². The summed E-state index contributed by atoms with van der Waals surface area (Å²) in [7, 11) is -12.0. The molecule has 0 rings (SSSR count). The molecule has 320 valence electrons. The smallest absolute Gasteiger partial charge is 0.799 e. The SMILES string of the molecule is CCCCCCP(=O)([O-])CCCC.CCCCCCP(=O)([O-])CCCC.CCCCCCP(=O)([O-])CCCC.CCCCCCP(=O)([O-])CCCC.[Sn+4]. The van der Waals surface area contributed by atoms with Gasteiger partial charge in [0.15, 0.2) is 0 Å². The topological polar surface area (TPSA) is 161 Å². The number of rotatable bonds is 32. The zero-order chi connectivity index (χ0) is 40.6. The van der Waals surface area contributed by atoms with Crippen LogP contribution in [0.25, 0.3) is 0 Å². The molecule has 0 N–H and O–H groups in total. The predicted octanol–water partition coefficient (Wildman–Crippen LogP) is 11.6. The Kier molecular flexibility index (Phi) is 53.7. The molecule has 4 atom stereocenters. The molecule has 0 aromatic carbocycles. The largest absolute Gasteiger partial charge is 4.00 e. The van der Waals surface area contributed by atoms with Gasteiger partial charge in [0.2, 0.25) is 0 Å². The van der Waals surface area contributed by atoms with Crippen molar-refractivity contribution < 1.29 is 37.8 Å². The fraction of sp³-hybridized carbons (Fsp3) is 1.00. The van der Waals surface area contributed by atoms with Crippen molar-refractivity contribution in [3.8, 4) is 0 Å². The average Bonchev–Trinajstić information content (AvgIpc) is 3.10. The first-order valence-electron chi connectivity index (χ1n) is 21.6. The Morgan fingerprint density at radius 1 is 0.245 bits per heavy atom. The van der Waals surface area contributed by atoms with E-state index in [0.29, 0.717) is 49.3 Å². The Labute approximate surface area is 348 Å². The van der Waals surface area contributed by atoms with Crippen LogP contribution in [0.3, 0.4) is 0 Å². The summed E-state index contributed by atoms with van der Waals surface area (Å²) < 4.78 is 45.5. The van der Waals surface area contributed by atoms with Gasteiger partial charge in [-0.25, -0.2) is 0 Å². The van der Waals surface area contributed by atoms with Gasteiger partial charge in [-0.1, -0.05) is 158 Å². The van der Waals surface area contributed by atoms with Crippen molar-refractivity contribution in [3.63, 3.8) is 0 Å². The molecule has 0 bridgehead atoms. The molecule has 0 spiro atoms. The fourth-order valence-corrected chi connectivity index (χ4v) is 12.1. The Hall–Kier alpha value is 1.56. The van der Waals surface area contributed by atoms with E-state index in [9.17, 15) is 37.8 Å². The van der Waals surface area contributed by atoms with Gasteiger partial charge in [0.25, 0.3) is 0 Å². The van der Waals surface area contributed by atoms with Crippen LogP contribution in [0, 0.1) is 0 Å². The summed E-state index contributed by atoms with van der Waals surface area (Å²) in [5, 5.41) is 0. The van der Waals surface area contributed by atoms with Crippen LogP contribution in [0.4, 0.5) is 0 Å². The molecule has 53 heavy (non-hydrogen) atoms. The molecule has 4 unspecified atom stereocenters. The van der Waals surface area contributed by atoms with Gasteiger partial charge in [-0.05, 0) is 101 Å². The minimum Gasteiger partial charge on any atom is -0.799 e. The Balaban J connectivity index is -0.000000192. The minimum absolute atomic E-state index is 0. The van der Waals surface area contributed by atoms with Crippen LogP contribution in [0.15, 0.2) is 0 Å². The average molecular weight is 940 g/mol. The molecule has 0 saturated heterocycles. The van der Waals surface area contributed by atoms with Gasteiger partial charge in [0.1, 0.15) is 0 Å². The van der Waals surface area contributed by atoms with Crippen molar-refractivity contribution in [2.45, 2.75) is 209 Å². The van der Waals surface area contributed by atoms with E-state index < -0.39 is 29.5 Å². The van der Waals surface area contributed by atoms with Gasteiger partial charge in [-0.3, -0.25) is 0 Å². The molecular weight excluding hydrogens is 851 g/mol. The number of hydrogen-bond acceptors (Lipinski definition) is 8. The van der Waals surface area contributed by atoms with E-state index >= 15 is 0 Å². The molecule has 0 aliphatic carbocycles. The molecule has 0 amide bonds. The molecule has 0 fully saturated rings. The third-order valence-corrected chi connectivity index (χ3v) is 16.8. The fourth-order valence-electron chi connectivity index (χ4n) is 5.16. The Morgan fingerprint density at radius 3 is 0.509 bits per heavy atom. The van der Waals surface area contributed by atoms with Crippen LogP contribution in [-0.2, 0) is 18.3 Å². The summed E-state index contributed by atoms with van der Waals surface area (Å²) in [6, 6.07) is 0. The summed E-state index contributed by atoms with van der Waals surface area (Å²) in [6.07, 6.45) is 27.5. The zero-order valence-corrected chi connectivity index (χ0v) is 42.6. The summed E-state index contributed by atoms with van der Waals surface area (Å²) in [4.78, 5) is 45.5. The second kappa shape index (κ2) is 44.7. The second-order valence-corrected chi connectivity index (χ2v) is 24.8. The van der Waals surface area contributed by atoms with Gasteiger partial charge in [0.05, 0.1) is 0 Å².